The fourth-order valence-corrected chi connectivity index (χ4v) is 3.44. The highest BCUT2D eigenvalue weighted by atomic mass is 32.2. The van der Waals surface area contributed by atoms with Gasteiger partial charge in [0, 0.05) is 11.8 Å². The molecule has 152 valence electrons. The molecule has 0 aromatic carbocycles. The molecule has 0 bridgehead atoms. The van der Waals surface area contributed by atoms with E-state index < -0.39 is 39.6 Å². The van der Waals surface area contributed by atoms with Gasteiger partial charge in [0.1, 0.15) is 11.2 Å². The van der Waals surface area contributed by atoms with Crippen LogP contribution in [0.2, 0.25) is 0 Å². The average molecular weight is 412 g/mol. The van der Waals surface area contributed by atoms with Crippen molar-refractivity contribution in [3.63, 3.8) is 0 Å². The third kappa shape index (κ3) is 7.20. The first-order valence-electron chi connectivity index (χ1n) is 8.21. The second kappa shape index (κ2) is 7.81. The molecule has 2 atom stereocenters. The minimum atomic E-state index is -4.37. The van der Waals surface area contributed by atoms with Gasteiger partial charge in [0.25, 0.3) is 0 Å². The van der Waals surface area contributed by atoms with Crippen molar-refractivity contribution < 1.29 is 27.5 Å². The summed E-state index contributed by atoms with van der Waals surface area (Å²) in [6.45, 7) is 9.96. The van der Waals surface area contributed by atoms with Crippen LogP contribution in [0, 0.1) is 0 Å². The zero-order valence-electron chi connectivity index (χ0n) is 16.1. The Bertz CT molecular complexity index is 639. The Morgan fingerprint density at radius 2 is 1.65 bits per heavy atom. The zero-order chi connectivity index (χ0) is 20.5. The molecule has 1 aliphatic rings. The molecule has 0 aromatic rings. The monoisotopic (exact) mass is 411 g/mol. The van der Waals surface area contributed by atoms with Crippen LogP contribution in [0.1, 0.15) is 48.0 Å². The van der Waals surface area contributed by atoms with E-state index in [-0.39, 0.29) is 18.3 Å². The van der Waals surface area contributed by atoms with Gasteiger partial charge in [-0.1, -0.05) is 0 Å². The minimum absolute atomic E-state index is 0.173. The van der Waals surface area contributed by atoms with Gasteiger partial charge in [-0.25, -0.2) is 14.7 Å². The van der Waals surface area contributed by atoms with Crippen LogP contribution in [0.15, 0.2) is 0 Å². The van der Waals surface area contributed by atoms with Gasteiger partial charge in [0.2, 0.25) is 0 Å². The predicted octanol–water partition coefficient (Wildman–Crippen LogP) is 1.73. The Labute approximate surface area is 160 Å². The average Bonchev–Trinajstić information content (AvgIpc) is 2.71. The number of likely N-dealkylation sites (tertiary alicyclic amines) is 1. The Hall–Kier alpha value is -1.20. The molecule has 0 spiro atoms. The van der Waals surface area contributed by atoms with Crippen LogP contribution in [0.3, 0.4) is 0 Å². The van der Waals surface area contributed by atoms with Crippen LogP contribution in [0.4, 0.5) is 9.59 Å². The smallest absolute Gasteiger partial charge is 0.425 e. The van der Waals surface area contributed by atoms with Crippen LogP contribution in [0.5, 0.6) is 0 Å². The van der Waals surface area contributed by atoms with Gasteiger partial charge >= 0.3 is 22.4 Å². The van der Waals surface area contributed by atoms with E-state index in [9.17, 15) is 18.0 Å². The van der Waals surface area contributed by atoms with Crippen LogP contribution >= 0.6 is 12.6 Å². The Morgan fingerprint density at radius 3 is 2.08 bits per heavy atom. The van der Waals surface area contributed by atoms with Gasteiger partial charge in [-0.2, -0.15) is 25.4 Å². The van der Waals surface area contributed by atoms with Crippen molar-refractivity contribution in [3.05, 3.63) is 0 Å². The summed E-state index contributed by atoms with van der Waals surface area (Å²) >= 11 is 4.37. The molecule has 1 rings (SSSR count). The van der Waals surface area contributed by atoms with Gasteiger partial charge in [0.15, 0.2) is 0 Å². The summed E-state index contributed by atoms with van der Waals surface area (Å²) in [6, 6.07) is -0.613. The molecule has 11 heteroatoms. The Morgan fingerprint density at radius 1 is 1.15 bits per heavy atom. The molecular formula is C15H29N3O6S2. The number of ether oxygens (including phenoxy) is 2. The SMILES string of the molecule is CC(C)(C)OC(=O)N1C[C@@H](S)C[C@@H]1CN(C(=O)OC(C)(C)C)S(N)(=O)=O. The second-order valence-corrected chi connectivity index (χ2v) is 10.4. The molecule has 0 radical (unpaired) electrons. The van der Waals surface area contributed by atoms with Crippen molar-refractivity contribution in [2.75, 3.05) is 13.1 Å². The topological polar surface area (TPSA) is 119 Å². The van der Waals surface area contributed by atoms with Gasteiger partial charge < -0.3 is 14.4 Å². The van der Waals surface area contributed by atoms with Gasteiger partial charge in [-0.15, -0.1) is 0 Å². The van der Waals surface area contributed by atoms with Crippen molar-refractivity contribution in [2.45, 2.75) is 70.5 Å². The molecule has 2 N–H and O–H groups in total. The number of thiol groups is 1. The lowest BCUT2D eigenvalue weighted by Gasteiger charge is -2.32. The van der Waals surface area contributed by atoms with E-state index in [1.54, 1.807) is 41.5 Å². The molecule has 0 aromatic heterocycles. The van der Waals surface area contributed by atoms with E-state index in [4.69, 9.17) is 14.6 Å². The van der Waals surface area contributed by atoms with E-state index in [0.717, 1.165) is 0 Å². The maximum absolute atomic E-state index is 12.4. The number of hydrogen-bond acceptors (Lipinski definition) is 7. The fraction of sp³-hybridized carbons (Fsp3) is 0.867. The minimum Gasteiger partial charge on any atom is -0.444 e. The normalized spacial score (nSPS) is 21.5. The van der Waals surface area contributed by atoms with E-state index in [0.29, 0.717) is 10.7 Å². The predicted molar refractivity (Wildman–Crippen MR) is 100 cm³/mol. The first kappa shape index (κ1) is 22.8. The van der Waals surface area contributed by atoms with Crippen LogP contribution in [-0.4, -0.2) is 65.4 Å². The summed E-state index contributed by atoms with van der Waals surface area (Å²) in [5.74, 6) is 0. The number of amides is 2. The van der Waals surface area contributed by atoms with Crippen LogP contribution in [0.25, 0.3) is 0 Å². The van der Waals surface area contributed by atoms with E-state index in [2.05, 4.69) is 12.6 Å². The van der Waals surface area contributed by atoms with Crippen molar-refractivity contribution in [2.24, 2.45) is 5.14 Å². The van der Waals surface area contributed by atoms with Gasteiger partial charge in [0.05, 0.1) is 12.6 Å². The summed E-state index contributed by atoms with van der Waals surface area (Å²) in [7, 11) is -4.37. The first-order valence-corrected chi connectivity index (χ1v) is 10.2. The van der Waals surface area contributed by atoms with E-state index in [1.165, 1.54) is 4.90 Å². The fourth-order valence-electron chi connectivity index (χ4n) is 2.40. The lowest BCUT2D eigenvalue weighted by Crippen LogP contribution is -2.51. The number of carbonyl (C=O) groups excluding carboxylic acids is 2. The molecule has 9 nitrogen and oxygen atoms in total. The van der Waals surface area contributed by atoms with Crippen molar-refractivity contribution in [1.29, 1.82) is 0 Å². The third-order valence-corrected chi connectivity index (χ3v) is 4.59. The summed E-state index contributed by atoms with van der Waals surface area (Å²) < 4.78 is 34.7. The van der Waals surface area contributed by atoms with Gasteiger partial charge in [-0.3, -0.25) is 0 Å². The Balaban J connectivity index is 3.01. The maximum Gasteiger partial charge on any atom is 0.425 e. The van der Waals surface area contributed by atoms with Crippen molar-refractivity contribution in [1.82, 2.24) is 9.21 Å². The molecule has 1 heterocycles. The quantitative estimate of drug-likeness (QED) is 0.683. The molecule has 1 fully saturated rings. The number of nitrogens with zero attached hydrogens (tertiary/aromatic N) is 2. The molecule has 1 aliphatic heterocycles. The molecule has 0 unspecified atom stereocenters. The molecule has 1 saturated heterocycles. The summed E-state index contributed by atoms with van der Waals surface area (Å²) in [5, 5.41) is 5.01. The van der Waals surface area contributed by atoms with Crippen molar-refractivity contribution in [3.8, 4) is 0 Å². The van der Waals surface area contributed by atoms with Crippen LogP contribution in [-0.2, 0) is 19.7 Å². The van der Waals surface area contributed by atoms with E-state index in [1.807, 2.05) is 0 Å². The maximum atomic E-state index is 12.4. The number of nitrogens with two attached hydrogens (primary N) is 1. The Kier molecular flexibility index (Phi) is 6.86. The highest BCUT2D eigenvalue weighted by Gasteiger charge is 2.40. The lowest BCUT2D eigenvalue weighted by molar-refractivity contribution is 0.0168. The van der Waals surface area contributed by atoms with Gasteiger partial charge in [-0.05, 0) is 48.0 Å². The highest BCUT2D eigenvalue weighted by Crippen LogP contribution is 2.26. The molecule has 26 heavy (non-hydrogen) atoms. The third-order valence-electron chi connectivity index (χ3n) is 3.30. The molecule has 2 amide bonds. The lowest BCUT2D eigenvalue weighted by atomic mass is 10.2. The second-order valence-electron chi connectivity index (χ2n) is 8.23. The molecule has 0 aliphatic carbocycles. The molecule has 0 saturated carbocycles. The largest absolute Gasteiger partial charge is 0.444 e. The standard InChI is InChI=1S/C15H29N3O6S2/c1-14(2,3)23-12(19)17-9-11(25)7-10(17)8-18(26(16,21)22)13(20)24-15(4,5)6/h10-11,25H,7-9H2,1-6H3,(H2,16,21,22)/t10-,11+/m1/s1. The summed E-state index contributed by atoms with van der Waals surface area (Å²) in [6.07, 6.45) is -1.30. The number of carbonyl (C=O) groups is 2. The van der Waals surface area contributed by atoms with E-state index >= 15 is 0 Å². The van der Waals surface area contributed by atoms with Crippen molar-refractivity contribution >= 4 is 35.0 Å². The molecular weight excluding hydrogens is 382 g/mol. The number of hydrogen-bond donors (Lipinski definition) is 2. The zero-order valence-corrected chi connectivity index (χ0v) is 17.8. The number of rotatable bonds is 3. The highest BCUT2D eigenvalue weighted by molar-refractivity contribution is 7.87. The van der Waals surface area contributed by atoms with Crippen LogP contribution < -0.4 is 5.14 Å². The first-order chi connectivity index (χ1) is 11.5. The summed E-state index contributed by atoms with van der Waals surface area (Å²) in [4.78, 5) is 26.0. The summed E-state index contributed by atoms with van der Waals surface area (Å²) in [5.41, 5.74) is -1.60.